The van der Waals surface area contributed by atoms with Crippen molar-refractivity contribution in [2.75, 3.05) is 23.3 Å². The second kappa shape index (κ2) is 7.54. The molecule has 8 heteroatoms. The molecule has 0 aliphatic carbocycles. The van der Waals surface area contributed by atoms with Gasteiger partial charge in [-0.3, -0.25) is 4.79 Å². The van der Waals surface area contributed by atoms with Gasteiger partial charge in [-0.05, 0) is 56.0 Å². The second-order valence-corrected chi connectivity index (χ2v) is 6.92. The number of aryl methyl sites for hydroxylation is 1. The number of alkyl halides is 3. The van der Waals surface area contributed by atoms with Crippen LogP contribution >= 0.6 is 0 Å². The molecule has 1 aromatic carbocycles. The predicted octanol–water partition coefficient (Wildman–Crippen LogP) is 4.29. The number of anilines is 2. The maximum Gasteiger partial charge on any atom is 0.416 e. The lowest BCUT2D eigenvalue weighted by Crippen LogP contribution is -2.36. The topological polar surface area (TPSA) is 58.1 Å². The van der Waals surface area contributed by atoms with Crippen molar-refractivity contribution in [1.82, 2.24) is 9.97 Å². The first-order chi connectivity index (χ1) is 12.7. The molecule has 1 N–H and O–H groups in total. The Morgan fingerprint density at radius 1 is 1.22 bits per heavy atom. The molecule has 1 aliphatic heterocycles. The number of carbonyl (C=O) groups is 1. The van der Waals surface area contributed by atoms with Crippen molar-refractivity contribution in [3.05, 3.63) is 47.3 Å². The van der Waals surface area contributed by atoms with Gasteiger partial charge in [0.05, 0.1) is 5.56 Å². The minimum Gasteiger partial charge on any atom is -0.341 e. The number of piperidine rings is 1. The SMILES string of the molecule is Cc1cc(C(=O)Nc2ccc(C(F)(F)F)cc2)nc(N2CCCC(C)C2)n1. The lowest BCUT2D eigenvalue weighted by molar-refractivity contribution is -0.137. The smallest absolute Gasteiger partial charge is 0.341 e. The third-order valence-electron chi connectivity index (χ3n) is 4.49. The van der Waals surface area contributed by atoms with Gasteiger partial charge < -0.3 is 10.2 Å². The molecule has 1 atom stereocenters. The highest BCUT2D eigenvalue weighted by atomic mass is 19.4. The Bertz CT molecular complexity index is 821. The summed E-state index contributed by atoms with van der Waals surface area (Å²) in [5.41, 5.74) is 0.365. The highest BCUT2D eigenvalue weighted by molar-refractivity contribution is 6.03. The number of nitrogens with zero attached hydrogens (tertiary/aromatic N) is 3. The first kappa shape index (κ1) is 19.1. The molecule has 144 valence electrons. The standard InChI is InChI=1S/C19H21F3N4O/c1-12-4-3-9-26(11-12)18-23-13(2)10-16(25-18)17(27)24-15-7-5-14(6-8-15)19(20,21)22/h5-8,10,12H,3-4,9,11H2,1-2H3,(H,24,27). The predicted molar refractivity (Wildman–Crippen MR) is 96.8 cm³/mol. The summed E-state index contributed by atoms with van der Waals surface area (Å²) < 4.78 is 37.9. The molecule has 1 amide bonds. The van der Waals surface area contributed by atoms with E-state index in [2.05, 4.69) is 27.1 Å². The normalized spacial score (nSPS) is 17.7. The zero-order chi connectivity index (χ0) is 19.6. The molecule has 1 aromatic heterocycles. The summed E-state index contributed by atoms with van der Waals surface area (Å²) in [6.07, 6.45) is -2.21. The molecule has 0 bridgehead atoms. The van der Waals surface area contributed by atoms with Gasteiger partial charge in [-0.15, -0.1) is 0 Å². The maximum absolute atomic E-state index is 12.6. The molecular weight excluding hydrogens is 357 g/mol. The van der Waals surface area contributed by atoms with E-state index in [1.165, 1.54) is 12.1 Å². The summed E-state index contributed by atoms with van der Waals surface area (Å²) in [6.45, 7) is 5.63. The third-order valence-corrected chi connectivity index (χ3v) is 4.49. The van der Waals surface area contributed by atoms with Gasteiger partial charge in [-0.1, -0.05) is 6.92 Å². The Hall–Kier alpha value is -2.64. The molecule has 1 fully saturated rings. The van der Waals surface area contributed by atoms with Crippen LogP contribution in [0.3, 0.4) is 0 Å². The first-order valence-electron chi connectivity index (χ1n) is 8.81. The Labute approximate surface area is 155 Å². The van der Waals surface area contributed by atoms with Crippen LogP contribution in [0, 0.1) is 12.8 Å². The van der Waals surface area contributed by atoms with Gasteiger partial charge in [0.1, 0.15) is 5.69 Å². The molecule has 0 radical (unpaired) electrons. The minimum absolute atomic E-state index is 0.190. The number of carbonyl (C=O) groups excluding carboxylic acids is 1. The first-order valence-corrected chi connectivity index (χ1v) is 8.81. The van der Waals surface area contributed by atoms with Crippen molar-refractivity contribution in [3.8, 4) is 0 Å². The van der Waals surface area contributed by atoms with Gasteiger partial charge in [0, 0.05) is 24.5 Å². The van der Waals surface area contributed by atoms with Crippen LogP contribution < -0.4 is 10.2 Å². The number of amides is 1. The monoisotopic (exact) mass is 378 g/mol. The molecule has 1 aliphatic rings. The Morgan fingerprint density at radius 3 is 2.56 bits per heavy atom. The van der Waals surface area contributed by atoms with Crippen molar-refractivity contribution >= 4 is 17.5 Å². The summed E-state index contributed by atoms with van der Waals surface area (Å²) >= 11 is 0. The van der Waals surface area contributed by atoms with Crippen LogP contribution in [0.25, 0.3) is 0 Å². The maximum atomic E-state index is 12.6. The quantitative estimate of drug-likeness (QED) is 0.866. The van der Waals surface area contributed by atoms with Gasteiger partial charge >= 0.3 is 6.18 Å². The largest absolute Gasteiger partial charge is 0.416 e. The zero-order valence-electron chi connectivity index (χ0n) is 15.2. The van der Waals surface area contributed by atoms with Crippen LogP contribution in [0.5, 0.6) is 0 Å². The molecule has 5 nitrogen and oxygen atoms in total. The lowest BCUT2D eigenvalue weighted by atomic mass is 10.0. The van der Waals surface area contributed by atoms with Gasteiger partial charge in [-0.2, -0.15) is 13.2 Å². The van der Waals surface area contributed by atoms with E-state index in [1.54, 1.807) is 13.0 Å². The average Bonchev–Trinajstić information content (AvgIpc) is 2.61. The van der Waals surface area contributed by atoms with Gasteiger partial charge in [0.25, 0.3) is 5.91 Å². The second-order valence-electron chi connectivity index (χ2n) is 6.92. The molecule has 0 spiro atoms. The summed E-state index contributed by atoms with van der Waals surface area (Å²) in [5.74, 6) is 0.568. The number of rotatable bonds is 3. The number of hydrogen-bond acceptors (Lipinski definition) is 4. The van der Waals surface area contributed by atoms with Crippen molar-refractivity contribution in [2.45, 2.75) is 32.9 Å². The van der Waals surface area contributed by atoms with Gasteiger partial charge in [0.2, 0.25) is 5.95 Å². The Kier molecular flexibility index (Phi) is 5.34. The van der Waals surface area contributed by atoms with E-state index in [0.717, 1.165) is 38.1 Å². The van der Waals surface area contributed by atoms with E-state index >= 15 is 0 Å². The summed E-state index contributed by atoms with van der Waals surface area (Å²) in [6, 6.07) is 5.88. The van der Waals surface area contributed by atoms with Crippen LogP contribution in [0.4, 0.5) is 24.8 Å². The lowest BCUT2D eigenvalue weighted by Gasteiger charge is -2.31. The van der Waals surface area contributed by atoms with Crippen molar-refractivity contribution < 1.29 is 18.0 Å². The molecule has 1 saturated heterocycles. The molecule has 2 heterocycles. The number of hydrogen-bond donors (Lipinski definition) is 1. The number of aromatic nitrogens is 2. The van der Waals surface area contributed by atoms with Crippen LogP contribution in [0.1, 0.15) is 41.5 Å². The number of nitrogens with one attached hydrogen (secondary N) is 1. The summed E-state index contributed by atoms with van der Waals surface area (Å²) in [4.78, 5) is 23.4. The Morgan fingerprint density at radius 2 is 1.93 bits per heavy atom. The van der Waals surface area contributed by atoms with E-state index in [4.69, 9.17) is 0 Å². The fraction of sp³-hybridized carbons (Fsp3) is 0.421. The van der Waals surface area contributed by atoms with E-state index in [1.807, 2.05) is 0 Å². The number of benzene rings is 1. The molecule has 27 heavy (non-hydrogen) atoms. The molecule has 1 unspecified atom stereocenters. The molecule has 3 rings (SSSR count). The fourth-order valence-electron chi connectivity index (χ4n) is 3.12. The third kappa shape index (κ3) is 4.75. The number of halogens is 3. The zero-order valence-corrected chi connectivity index (χ0v) is 15.2. The average molecular weight is 378 g/mol. The van der Waals surface area contributed by atoms with Gasteiger partial charge in [-0.25, -0.2) is 9.97 Å². The van der Waals surface area contributed by atoms with Gasteiger partial charge in [0.15, 0.2) is 0 Å². The molecule has 0 saturated carbocycles. The fourth-order valence-corrected chi connectivity index (χ4v) is 3.12. The van der Waals surface area contributed by atoms with Crippen molar-refractivity contribution in [2.24, 2.45) is 5.92 Å². The van der Waals surface area contributed by atoms with Crippen molar-refractivity contribution in [3.63, 3.8) is 0 Å². The highest BCUT2D eigenvalue weighted by Crippen LogP contribution is 2.30. The van der Waals surface area contributed by atoms with Crippen LogP contribution in [0.15, 0.2) is 30.3 Å². The van der Waals surface area contributed by atoms with E-state index < -0.39 is 17.6 Å². The highest BCUT2D eigenvalue weighted by Gasteiger charge is 2.30. The molecular formula is C19H21F3N4O. The van der Waals surface area contributed by atoms with Crippen LogP contribution in [0.2, 0.25) is 0 Å². The van der Waals surface area contributed by atoms with E-state index in [9.17, 15) is 18.0 Å². The van der Waals surface area contributed by atoms with Crippen molar-refractivity contribution in [1.29, 1.82) is 0 Å². The minimum atomic E-state index is -4.41. The summed E-state index contributed by atoms with van der Waals surface area (Å²) in [7, 11) is 0. The van der Waals surface area contributed by atoms with Crippen LogP contribution in [-0.2, 0) is 6.18 Å². The van der Waals surface area contributed by atoms with Crippen LogP contribution in [-0.4, -0.2) is 29.0 Å². The van der Waals surface area contributed by atoms with E-state index in [0.29, 0.717) is 17.6 Å². The molecule has 2 aromatic rings. The van der Waals surface area contributed by atoms with E-state index in [-0.39, 0.29) is 11.4 Å². The Balaban J connectivity index is 1.76. The summed E-state index contributed by atoms with van der Waals surface area (Å²) in [5, 5.41) is 2.59.